The summed E-state index contributed by atoms with van der Waals surface area (Å²) in [6.45, 7) is 3.02. The van der Waals surface area contributed by atoms with E-state index in [9.17, 15) is 8.78 Å². The molecule has 4 nitrogen and oxygen atoms in total. The van der Waals surface area contributed by atoms with E-state index < -0.39 is 5.82 Å². The molecule has 0 amide bonds. The van der Waals surface area contributed by atoms with E-state index in [1.54, 1.807) is 23.7 Å². The van der Waals surface area contributed by atoms with Gasteiger partial charge in [0.25, 0.3) is 0 Å². The molecule has 1 fully saturated rings. The highest BCUT2D eigenvalue weighted by atomic mass is 35.5. The van der Waals surface area contributed by atoms with Crippen LogP contribution >= 0.6 is 34.9 Å². The molecule has 1 aliphatic rings. The first-order valence-corrected chi connectivity index (χ1v) is 11.3. The molecule has 1 saturated heterocycles. The summed E-state index contributed by atoms with van der Waals surface area (Å²) in [7, 11) is 0. The van der Waals surface area contributed by atoms with E-state index >= 15 is 0 Å². The minimum absolute atomic E-state index is 0.0179. The summed E-state index contributed by atoms with van der Waals surface area (Å²) in [5, 5.41) is 4.90. The van der Waals surface area contributed by atoms with Crippen LogP contribution in [0.5, 0.6) is 0 Å². The normalized spacial score (nSPS) is 13.9. The highest BCUT2D eigenvalue weighted by molar-refractivity contribution is 8.00. The molecule has 152 valence electrons. The van der Waals surface area contributed by atoms with E-state index in [0.717, 1.165) is 30.6 Å². The molecular formula is C20H19ClF2N4S2. The van der Waals surface area contributed by atoms with Crippen LogP contribution in [0.2, 0.25) is 5.02 Å². The lowest BCUT2D eigenvalue weighted by Crippen LogP contribution is -2.36. The number of halogens is 3. The molecule has 2 heterocycles. The molecule has 3 aromatic rings. The molecule has 0 radical (unpaired) electrons. The summed E-state index contributed by atoms with van der Waals surface area (Å²) >= 11 is 8.78. The van der Waals surface area contributed by atoms with E-state index in [-0.39, 0.29) is 17.4 Å². The number of hydrogen-bond donors (Lipinski definition) is 2. The minimum Gasteiger partial charge on any atom is -0.380 e. The topological polar surface area (TPSA) is 40.2 Å². The van der Waals surface area contributed by atoms with Gasteiger partial charge in [-0.15, -0.1) is 11.3 Å². The van der Waals surface area contributed by atoms with E-state index in [1.807, 2.05) is 11.4 Å². The van der Waals surface area contributed by atoms with Crippen LogP contribution in [0, 0.1) is 11.6 Å². The number of anilines is 2. The summed E-state index contributed by atoms with van der Waals surface area (Å²) in [6, 6.07) is 8.44. The summed E-state index contributed by atoms with van der Waals surface area (Å²) in [6.07, 6.45) is 1.18. The summed E-state index contributed by atoms with van der Waals surface area (Å²) in [5.41, 5.74) is 3.64. The smallest absolute Gasteiger partial charge is 0.159 e. The van der Waals surface area contributed by atoms with Crippen molar-refractivity contribution in [3.05, 3.63) is 69.0 Å². The first-order chi connectivity index (χ1) is 14.1. The van der Waals surface area contributed by atoms with Crippen LogP contribution in [0.15, 0.2) is 46.1 Å². The molecule has 2 aromatic carbocycles. The molecule has 0 spiro atoms. The Morgan fingerprint density at radius 1 is 1.21 bits per heavy atom. The van der Waals surface area contributed by atoms with Crippen LogP contribution in [-0.4, -0.2) is 23.0 Å². The van der Waals surface area contributed by atoms with Crippen LogP contribution < -0.4 is 10.0 Å². The SMILES string of the molecule is Fc1cccc(CN2CCC2)c1CNc1ccc(SNc2cscn2)c(F)c1Cl. The van der Waals surface area contributed by atoms with Crippen LogP contribution in [0.25, 0.3) is 0 Å². The molecule has 2 N–H and O–H groups in total. The van der Waals surface area contributed by atoms with Crippen molar-refractivity contribution in [3.8, 4) is 0 Å². The Hall–Kier alpha value is -1.87. The number of nitrogens with zero attached hydrogens (tertiary/aromatic N) is 2. The first kappa shape index (κ1) is 20.4. The molecule has 0 bridgehead atoms. The number of aromatic nitrogens is 1. The second kappa shape index (κ2) is 9.30. The van der Waals surface area contributed by atoms with Gasteiger partial charge in [0.15, 0.2) is 5.82 Å². The van der Waals surface area contributed by atoms with Crippen molar-refractivity contribution in [2.24, 2.45) is 0 Å². The average molecular weight is 453 g/mol. The fourth-order valence-corrected chi connectivity index (χ4v) is 4.53. The van der Waals surface area contributed by atoms with Crippen molar-refractivity contribution in [1.82, 2.24) is 9.88 Å². The van der Waals surface area contributed by atoms with Crippen LogP contribution in [0.3, 0.4) is 0 Å². The zero-order chi connectivity index (χ0) is 20.2. The fraction of sp³-hybridized carbons (Fsp3) is 0.250. The first-order valence-electron chi connectivity index (χ1n) is 9.13. The molecule has 29 heavy (non-hydrogen) atoms. The van der Waals surface area contributed by atoms with Gasteiger partial charge in [-0.25, -0.2) is 13.8 Å². The predicted octanol–water partition coefficient (Wildman–Crippen LogP) is 6.01. The number of nitrogens with one attached hydrogen (secondary N) is 2. The maximum Gasteiger partial charge on any atom is 0.159 e. The number of benzene rings is 2. The van der Waals surface area contributed by atoms with Gasteiger partial charge >= 0.3 is 0 Å². The summed E-state index contributed by atoms with van der Waals surface area (Å²) in [5.74, 6) is -0.141. The third-order valence-corrected chi connectivity index (χ3v) is 6.56. The quantitative estimate of drug-likeness (QED) is 0.409. The highest BCUT2D eigenvalue weighted by Crippen LogP contribution is 2.33. The molecule has 0 aliphatic carbocycles. The molecule has 0 saturated carbocycles. The third-order valence-electron chi connectivity index (χ3n) is 4.76. The van der Waals surface area contributed by atoms with Crippen molar-refractivity contribution in [2.45, 2.75) is 24.4 Å². The second-order valence-corrected chi connectivity index (χ2v) is 8.62. The maximum absolute atomic E-state index is 14.7. The molecule has 0 atom stereocenters. The molecule has 1 aliphatic heterocycles. The summed E-state index contributed by atoms with van der Waals surface area (Å²) in [4.78, 5) is 6.72. The Morgan fingerprint density at radius 3 is 2.79 bits per heavy atom. The Morgan fingerprint density at radius 2 is 2.07 bits per heavy atom. The molecule has 0 unspecified atom stereocenters. The van der Waals surface area contributed by atoms with E-state index in [4.69, 9.17) is 11.6 Å². The zero-order valence-electron chi connectivity index (χ0n) is 15.4. The molecule has 9 heteroatoms. The van der Waals surface area contributed by atoms with Gasteiger partial charge in [-0.2, -0.15) is 0 Å². The number of rotatable bonds is 8. The van der Waals surface area contributed by atoms with Gasteiger partial charge in [0.05, 0.1) is 16.1 Å². The van der Waals surface area contributed by atoms with Crippen molar-refractivity contribution < 1.29 is 8.78 Å². The number of likely N-dealkylation sites (tertiary alicyclic amines) is 1. The largest absolute Gasteiger partial charge is 0.380 e. The van der Waals surface area contributed by atoms with Gasteiger partial charge in [0.1, 0.15) is 16.7 Å². The predicted molar refractivity (Wildman–Crippen MR) is 117 cm³/mol. The monoisotopic (exact) mass is 452 g/mol. The lowest BCUT2D eigenvalue weighted by atomic mass is 10.0. The third kappa shape index (κ3) is 4.83. The second-order valence-electron chi connectivity index (χ2n) is 6.68. The van der Waals surface area contributed by atoms with Gasteiger partial charge in [-0.1, -0.05) is 23.7 Å². The Labute approximate surface area is 181 Å². The van der Waals surface area contributed by atoms with Crippen molar-refractivity contribution in [2.75, 3.05) is 23.1 Å². The van der Waals surface area contributed by atoms with Gasteiger partial charge < -0.3 is 10.0 Å². The Kier molecular flexibility index (Phi) is 6.54. The van der Waals surface area contributed by atoms with Gasteiger partial charge in [-0.3, -0.25) is 4.90 Å². The van der Waals surface area contributed by atoms with Crippen LogP contribution in [0.1, 0.15) is 17.5 Å². The lowest BCUT2D eigenvalue weighted by Gasteiger charge is -2.31. The highest BCUT2D eigenvalue weighted by Gasteiger charge is 2.18. The number of thiazole rings is 1. The van der Waals surface area contributed by atoms with Crippen molar-refractivity contribution >= 4 is 46.4 Å². The maximum atomic E-state index is 14.7. The van der Waals surface area contributed by atoms with Crippen molar-refractivity contribution in [1.29, 1.82) is 0 Å². The minimum atomic E-state index is -0.529. The molecular weight excluding hydrogens is 434 g/mol. The van der Waals surface area contributed by atoms with Gasteiger partial charge in [0, 0.05) is 24.0 Å². The van der Waals surface area contributed by atoms with Crippen LogP contribution in [-0.2, 0) is 13.1 Å². The average Bonchev–Trinajstić information content (AvgIpc) is 3.20. The fourth-order valence-electron chi connectivity index (χ4n) is 3.03. The zero-order valence-corrected chi connectivity index (χ0v) is 17.8. The van der Waals surface area contributed by atoms with E-state index in [1.165, 1.54) is 23.8 Å². The Bertz CT molecular complexity index is 981. The standard InChI is InChI=1S/C20H19ClF2N4S2/c21-19-16(5-6-17(20(19)23)29-26-18-11-28-12-25-18)24-9-14-13(3-1-4-15(14)22)10-27-7-2-8-27/h1,3-6,11-12,24,26H,2,7-10H2. The number of hydrogen-bond acceptors (Lipinski definition) is 6. The lowest BCUT2D eigenvalue weighted by molar-refractivity contribution is 0.172. The van der Waals surface area contributed by atoms with Gasteiger partial charge in [-0.05, 0) is 55.2 Å². The van der Waals surface area contributed by atoms with Crippen LogP contribution in [0.4, 0.5) is 20.3 Å². The van der Waals surface area contributed by atoms with E-state index in [2.05, 4.69) is 19.9 Å². The van der Waals surface area contributed by atoms with Gasteiger partial charge in [0.2, 0.25) is 0 Å². The molecule has 1 aromatic heterocycles. The Balaban J connectivity index is 1.45. The van der Waals surface area contributed by atoms with Crippen molar-refractivity contribution in [3.63, 3.8) is 0 Å². The van der Waals surface area contributed by atoms with E-state index in [0.29, 0.717) is 28.5 Å². The summed E-state index contributed by atoms with van der Waals surface area (Å²) < 4.78 is 32.1. The molecule has 4 rings (SSSR count).